The average Bonchev–Trinajstić information content (AvgIpc) is 2.27. The summed E-state index contributed by atoms with van der Waals surface area (Å²) in [6.45, 7) is 0. The smallest absolute Gasteiger partial charge is 0.305 e. The Morgan fingerprint density at radius 3 is 2.20 bits per heavy atom. The largest absolute Gasteiger partial charge is 0.469 e. The van der Waals surface area contributed by atoms with Gasteiger partial charge in [0, 0.05) is 20.6 Å². The zero-order valence-corrected chi connectivity index (χ0v) is 9.19. The van der Waals surface area contributed by atoms with E-state index in [-0.39, 0.29) is 18.6 Å². The highest BCUT2D eigenvalue weighted by atomic mass is 16.7. The van der Waals surface area contributed by atoms with Gasteiger partial charge in [-0.3, -0.25) is 9.59 Å². The minimum atomic E-state index is -0.535. The van der Waals surface area contributed by atoms with Crippen LogP contribution in [0.5, 0.6) is 0 Å². The number of allylic oxidation sites excluding steroid dienone is 1. The van der Waals surface area contributed by atoms with Gasteiger partial charge in [0.2, 0.25) is 0 Å². The van der Waals surface area contributed by atoms with Gasteiger partial charge in [-0.05, 0) is 12.2 Å². The Morgan fingerprint density at radius 1 is 1.13 bits per heavy atom. The lowest BCUT2D eigenvalue weighted by atomic mass is 10.2. The molecule has 0 radical (unpaired) electrons. The van der Waals surface area contributed by atoms with E-state index in [1.165, 1.54) is 33.5 Å². The van der Waals surface area contributed by atoms with E-state index in [0.29, 0.717) is 0 Å². The predicted octanol–water partition coefficient (Wildman–Crippen LogP) is 0.684. The normalized spacial score (nSPS) is 10.9. The van der Waals surface area contributed by atoms with Crippen LogP contribution in [0.4, 0.5) is 0 Å². The van der Waals surface area contributed by atoms with Gasteiger partial charge in [0.15, 0.2) is 12.1 Å². The summed E-state index contributed by atoms with van der Waals surface area (Å²) in [5.41, 5.74) is 0. The average molecular weight is 216 g/mol. The fourth-order valence-corrected chi connectivity index (χ4v) is 0.850. The van der Waals surface area contributed by atoms with Crippen LogP contribution in [0, 0.1) is 0 Å². The lowest BCUT2D eigenvalue weighted by molar-refractivity contribution is -0.141. The van der Waals surface area contributed by atoms with E-state index in [1.807, 2.05) is 0 Å². The van der Waals surface area contributed by atoms with Gasteiger partial charge in [-0.2, -0.15) is 0 Å². The minimum absolute atomic E-state index is 0.0876. The summed E-state index contributed by atoms with van der Waals surface area (Å²) in [6, 6.07) is 0. The molecule has 0 saturated heterocycles. The van der Waals surface area contributed by atoms with Gasteiger partial charge in [-0.15, -0.1) is 0 Å². The molecule has 0 bridgehead atoms. The number of ketones is 1. The molecule has 0 aromatic carbocycles. The molecule has 0 N–H and O–H groups in total. The quantitative estimate of drug-likeness (QED) is 0.356. The van der Waals surface area contributed by atoms with Gasteiger partial charge in [0.25, 0.3) is 0 Å². The van der Waals surface area contributed by atoms with Crippen LogP contribution in [-0.4, -0.2) is 39.4 Å². The highest BCUT2D eigenvalue weighted by Gasteiger charge is 2.05. The van der Waals surface area contributed by atoms with Crippen LogP contribution < -0.4 is 0 Å². The zero-order valence-electron chi connectivity index (χ0n) is 9.19. The first-order valence-corrected chi connectivity index (χ1v) is 4.47. The van der Waals surface area contributed by atoms with Gasteiger partial charge >= 0.3 is 5.97 Å². The number of hydrogen-bond acceptors (Lipinski definition) is 5. The van der Waals surface area contributed by atoms with E-state index in [2.05, 4.69) is 4.74 Å². The highest BCUT2D eigenvalue weighted by Crippen LogP contribution is 1.98. The maximum Gasteiger partial charge on any atom is 0.305 e. The molecule has 0 atom stereocenters. The van der Waals surface area contributed by atoms with Gasteiger partial charge in [-0.1, -0.05) is 0 Å². The lowest BCUT2D eigenvalue weighted by Crippen LogP contribution is -2.10. The van der Waals surface area contributed by atoms with Crippen molar-refractivity contribution in [1.29, 1.82) is 0 Å². The molecule has 5 heteroatoms. The Morgan fingerprint density at radius 2 is 1.73 bits per heavy atom. The van der Waals surface area contributed by atoms with E-state index < -0.39 is 12.3 Å². The second-order valence-electron chi connectivity index (χ2n) is 2.74. The molecule has 86 valence electrons. The molecule has 0 rings (SSSR count). The van der Waals surface area contributed by atoms with Gasteiger partial charge in [-0.25, -0.2) is 0 Å². The van der Waals surface area contributed by atoms with Crippen molar-refractivity contribution in [3.8, 4) is 0 Å². The van der Waals surface area contributed by atoms with Crippen LogP contribution in [0.15, 0.2) is 12.2 Å². The standard InChI is InChI=1S/C10H16O5/c1-13-9(12)6-4-8(11)5-7-10(14-2)15-3/h5,7,10H,4,6H2,1-3H3. The summed E-state index contributed by atoms with van der Waals surface area (Å²) in [7, 11) is 4.23. The Balaban J connectivity index is 3.87. The predicted molar refractivity (Wildman–Crippen MR) is 53.2 cm³/mol. The van der Waals surface area contributed by atoms with Crippen molar-refractivity contribution in [3.05, 3.63) is 12.2 Å². The molecule has 15 heavy (non-hydrogen) atoms. The third-order valence-corrected chi connectivity index (χ3v) is 1.71. The van der Waals surface area contributed by atoms with Crippen LogP contribution in [0.25, 0.3) is 0 Å². The lowest BCUT2D eigenvalue weighted by Gasteiger charge is -2.06. The summed E-state index contributed by atoms with van der Waals surface area (Å²) in [5.74, 6) is -0.564. The molecule has 0 heterocycles. The molecule has 0 aliphatic heterocycles. The number of carbonyl (C=O) groups is 2. The van der Waals surface area contributed by atoms with Crippen molar-refractivity contribution in [2.45, 2.75) is 19.1 Å². The molecule has 0 aliphatic rings. The summed E-state index contributed by atoms with van der Waals surface area (Å²) < 4.78 is 14.1. The summed E-state index contributed by atoms with van der Waals surface area (Å²) in [4.78, 5) is 21.9. The fraction of sp³-hybridized carbons (Fsp3) is 0.600. The summed E-state index contributed by atoms with van der Waals surface area (Å²) in [6.07, 6.45) is 2.50. The first kappa shape index (κ1) is 13.8. The fourth-order valence-electron chi connectivity index (χ4n) is 0.850. The van der Waals surface area contributed by atoms with Crippen LogP contribution in [-0.2, 0) is 23.8 Å². The van der Waals surface area contributed by atoms with Crippen LogP contribution >= 0.6 is 0 Å². The topological polar surface area (TPSA) is 61.8 Å². The zero-order chi connectivity index (χ0) is 11.7. The molecular weight excluding hydrogens is 200 g/mol. The van der Waals surface area contributed by atoms with Gasteiger partial charge in [0.1, 0.15) is 0 Å². The molecule has 0 aromatic heterocycles. The molecule has 0 unspecified atom stereocenters. The molecule has 5 nitrogen and oxygen atoms in total. The molecule has 0 spiro atoms. The number of hydrogen-bond donors (Lipinski definition) is 0. The van der Waals surface area contributed by atoms with Crippen molar-refractivity contribution in [2.24, 2.45) is 0 Å². The highest BCUT2D eigenvalue weighted by molar-refractivity contribution is 5.91. The number of esters is 1. The van der Waals surface area contributed by atoms with Crippen molar-refractivity contribution >= 4 is 11.8 Å². The Labute approximate surface area is 89.0 Å². The molecule has 0 saturated carbocycles. The van der Waals surface area contributed by atoms with Crippen molar-refractivity contribution in [2.75, 3.05) is 21.3 Å². The van der Waals surface area contributed by atoms with E-state index in [1.54, 1.807) is 0 Å². The minimum Gasteiger partial charge on any atom is -0.469 e. The molecular formula is C10H16O5. The Hall–Kier alpha value is -1.20. The van der Waals surface area contributed by atoms with Crippen LogP contribution in [0.1, 0.15) is 12.8 Å². The summed E-state index contributed by atoms with van der Waals surface area (Å²) >= 11 is 0. The Bertz CT molecular complexity index is 230. The van der Waals surface area contributed by atoms with Crippen LogP contribution in [0.3, 0.4) is 0 Å². The molecule has 0 aromatic rings. The SMILES string of the molecule is COC(=O)CCC(=O)C=CC(OC)OC. The summed E-state index contributed by atoms with van der Waals surface area (Å²) in [5, 5.41) is 0. The van der Waals surface area contributed by atoms with Gasteiger partial charge in [0.05, 0.1) is 13.5 Å². The molecule has 0 aliphatic carbocycles. The Kier molecular flexibility index (Phi) is 7.49. The number of carbonyl (C=O) groups excluding carboxylic acids is 2. The van der Waals surface area contributed by atoms with Crippen LogP contribution in [0.2, 0.25) is 0 Å². The monoisotopic (exact) mass is 216 g/mol. The molecule has 0 fully saturated rings. The first-order valence-electron chi connectivity index (χ1n) is 4.47. The maximum atomic E-state index is 11.2. The second-order valence-corrected chi connectivity index (χ2v) is 2.74. The number of rotatable bonds is 7. The van der Waals surface area contributed by atoms with Gasteiger partial charge < -0.3 is 14.2 Å². The van der Waals surface area contributed by atoms with Crippen molar-refractivity contribution < 1.29 is 23.8 Å². The van der Waals surface area contributed by atoms with E-state index in [9.17, 15) is 9.59 Å². The second kappa shape index (κ2) is 8.14. The number of methoxy groups -OCH3 is 3. The molecule has 0 amide bonds. The third kappa shape index (κ3) is 6.82. The van der Waals surface area contributed by atoms with E-state index >= 15 is 0 Å². The third-order valence-electron chi connectivity index (χ3n) is 1.71. The van der Waals surface area contributed by atoms with E-state index in [4.69, 9.17) is 9.47 Å². The van der Waals surface area contributed by atoms with Crippen molar-refractivity contribution in [1.82, 2.24) is 0 Å². The first-order chi connectivity index (χ1) is 7.13. The maximum absolute atomic E-state index is 11.2. The number of ether oxygens (including phenoxy) is 3. The van der Waals surface area contributed by atoms with E-state index in [0.717, 1.165) is 0 Å². The van der Waals surface area contributed by atoms with Crippen molar-refractivity contribution in [3.63, 3.8) is 0 Å².